The van der Waals surface area contributed by atoms with Gasteiger partial charge in [0.15, 0.2) is 0 Å². The molecule has 2 aliphatic rings. The normalized spacial score (nSPS) is 36.9. The van der Waals surface area contributed by atoms with Crippen LogP contribution in [0.4, 0.5) is 0 Å². The molecule has 0 aromatic heterocycles. The van der Waals surface area contributed by atoms with Crippen LogP contribution in [-0.2, 0) is 4.79 Å². The molecule has 0 bridgehead atoms. The summed E-state index contributed by atoms with van der Waals surface area (Å²) in [6, 6.07) is 0. The second-order valence-corrected chi connectivity index (χ2v) is 5.57. The smallest absolute Gasteiger partial charge is 0.310 e. The Hall–Kier alpha value is -0.570. The SMILES string of the molecule is CC1C2CN(CC(C)(C)C(=O)O)CC12. The van der Waals surface area contributed by atoms with E-state index in [1.807, 2.05) is 13.8 Å². The lowest BCUT2D eigenvalue weighted by atomic mass is 9.93. The van der Waals surface area contributed by atoms with Crippen molar-refractivity contribution in [2.24, 2.45) is 23.2 Å². The van der Waals surface area contributed by atoms with Gasteiger partial charge in [-0.2, -0.15) is 0 Å². The van der Waals surface area contributed by atoms with Gasteiger partial charge in [0.05, 0.1) is 5.41 Å². The summed E-state index contributed by atoms with van der Waals surface area (Å²) in [4.78, 5) is 13.2. The highest BCUT2D eigenvalue weighted by Crippen LogP contribution is 2.51. The van der Waals surface area contributed by atoms with Gasteiger partial charge >= 0.3 is 5.97 Å². The van der Waals surface area contributed by atoms with Crippen LogP contribution in [0.25, 0.3) is 0 Å². The fraction of sp³-hybridized carbons (Fsp3) is 0.909. The van der Waals surface area contributed by atoms with Gasteiger partial charge in [-0.1, -0.05) is 6.92 Å². The zero-order valence-corrected chi connectivity index (χ0v) is 9.16. The molecule has 2 unspecified atom stereocenters. The van der Waals surface area contributed by atoms with Gasteiger partial charge in [0, 0.05) is 19.6 Å². The van der Waals surface area contributed by atoms with Crippen LogP contribution in [-0.4, -0.2) is 35.6 Å². The number of aliphatic carboxylic acids is 1. The molecule has 1 heterocycles. The number of carboxylic acids is 1. The number of carboxylic acid groups (broad SMARTS) is 1. The van der Waals surface area contributed by atoms with E-state index in [0.717, 1.165) is 30.8 Å². The van der Waals surface area contributed by atoms with Crippen LogP contribution in [0.2, 0.25) is 0 Å². The fourth-order valence-electron chi connectivity index (χ4n) is 2.67. The number of fused-ring (bicyclic) bond motifs is 1. The van der Waals surface area contributed by atoms with Gasteiger partial charge in [-0.15, -0.1) is 0 Å². The molecule has 1 aliphatic carbocycles. The first kappa shape index (κ1) is 9.97. The molecular weight excluding hydrogens is 178 g/mol. The van der Waals surface area contributed by atoms with Crippen molar-refractivity contribution in [3.63, 3.8) is 0 Å². The average molecular weight is 197 g/mol. The van der Waals surface area contributed by atoms with E-state index in [1.165, 1.54) is 0 Å². The van der Waals surface area contributed by atoms with E-state index in [1.54, 1.807) is 0 Å². The van der Waals surface area contributed by atoms with Crippen molar-refractivity contribution in [1.82, 2.24) is 4.90 Å². The van der Waals surface area contributed by atoms with Crippen LogP contribution >= 0.6 is 0 Å². The van der Waals surface area contributed by atoms with Gasteiger partial charge in [0.2, 0.25) is 0 Å². The van der Waals surface area contributed by atoms with E-state index in [-0.39, 0.29) is 0 Å². The Bertz CT molecular complexity index is 250. The van der Waals surface area contributed by atoms with E-state index < -0.39 is 11.4 Å². The van der Waals surface area contributed by atoms with Crippen LogP contribution < -0.4 is 0 Å². The molecule has 1 saturated carbocycles. The first-order valence-electron chi connectivity index (χ1n) is 5.37. The molecule has 1 saturated heterocycles. The molecule has 0 aromatic carbocycles. The van der Waals surface area contributed by atoms with Crippen LogP contribution in [0.3, 0.4) is 0 Å². The summed E-state index contributed by atoms with van der Waals surface area (Å²) >= 11 is 0. The van der Waals surface area contributed by atoms with E-state index in [4.69, 9.17) is 5.11 Å². The predicted octanol–water partition coefficient (Wildman–Crippen LogP) is 1.29. The lowest BCUT2D eigenvalue weighted by Crippen LogP contribution is -2.39. The summed E-state index contributed by atoms with van der Waals surface area (Å²) in [5.41, 5.74) is -0.597. The number of piperidine rings is 1. The van der Waals surface area contributed by atoms with Crippen LogP contribution in [0.5, 0.6) is 0 Å². The van der Waals surface area contributed by atoms with Crippen molar-refractivity contribution in [1.29, 1.82) is 0 Å². The highest BCUT2D eigenvalue weighted by atomic mass is 16.4. The maximum Gasteiger partial charge on any atom is 0.310 e. The van der Waals surface area contributed by atoms with Crippen molar-refractivity contribution in [3.05, 3.63) is 0 Å². The average Bonchev–Trinajstić information content (AvgIpc) is 2.54. The summed E-state index contributed by atoms with van der Waals surface area (Å²) in [6.45, 7) is 8.84. The highest BCUT2D eigenvalue weighted by Gasteiger charge is 2.53. The number of hydrogen-bond acceptors (Lipinski definition) is 2. The summed E-state index contributed by atoms with van der Waals surface area (Å²) in [5, 5.41) is 9.00. The Labute approximate surface area is 85.1 Å². The lowest BCUT2D eigenvalue weighted by molar-refractivity contribution is -0.147. The summed E-state index contributed by atoms with van der Waals surface area (Å²) in [5.74, 6) is 1.92. The molecule has 0 amide bonds. The molecular formula is C11H19NO2. The molecule has 80 valence electrons. The zero-order valence-electron chi connectivity index (χ0n) is 9.16. The monoisotopic (exact) mass is 197 g/mol. The maximum absolute atomic E-state index is 10.9. The highest BCUT2D eigenvalue weighted by molar-refractivity contribution is 5.73. The van der Waals surface area contributed by atoms with Crippen molar-refractivity contribution in [2.75, 3.05) is 19.6 Å². The third-order valence-electron chi connectivity index (χ3n) is 3.90. The molecule has 1 aliphatic heterocycles. The number of nitrogens with zero attached hydrogens (tertiary/aromatic N) is 1. The van der Waals surface area contributed by atoms with Crippen molar-refractivity contribution in [3.8, 4) is 0 Å². The molecule has 0 spiro atoms. The molecule has 2 fully saturated rings. The lowest BCUT2D eigenvalue weighted by Gasteiger charge is -2.27. The van der Waals surface area contributed by atoms with Gasteiger partial charge in [-0.05, 0) is 31.6 Å². The van der Waals surface area contributed by atoms with Crippen LogP contribution in [0.15, 0.2) is 0 Å². The first-order chi connectivity index (χ1) is 6.42. The minimum atomic E-state index is -0.689. The minimum absolute atomic E-state index is 0.597. The van der Waals surface area contributed by atoms with Crippen LogP contribution in [0, 0.1) is 23.2 Å². The zero-order chi connectivity index (χ0) is 10.5. The van der Waals surface area contributed by atoms with Crippen LogP contribution in [0.1, 0.15) is 20.8 Å². The molecule has 14 heavy (non-hydrogen) atoms. The third-order valence-corrected chi connectivity index (χ3v) is 3.90. The Morgan fingerprint density at radius 1 is 1.43 bits per heavy atom. The van der Waals surface area contributed by atoms with E-state index in [9.17, 15) is 4.79 Å². The Morgan fingerprint density at radius 2 is 1.93 bits per heavy atom. The summed E-state index contributed by atoms with van der Waals surface area (Å²) < 4.78 is 0. The standard InChI is InChI=1S/C11H19NO2/c1-7-8-4-12(5-9(7)8)6-11(2,3)10(13)14/h7-9H,4-6H2,1-3H3,(H,13,14). The molecule has 3 nitrogen and oxygen atoms in total. The number of rotatable bonds is 3. The fourth-order valence-corrected chi connectivity index (χ4v) is 2.67. The van der Waals surface area contributed by atoms with E-state index in [0.29, 0.717) is 6.54 Å². The quantitative estimate of drug-likeness (QED) is 0.741. The topological polar surface area (TPSA) is 40.5 Å². The molecule has 0 aromatic rings. The van der Waals surface area contributed by atoms with Gasteiger partial charge in [-0.25, -0.2) is 0 Å². The molecule has 1 N–H and O–H groups in total. The van der Waals surface area contributed by atoms with Gasteiger partial charge < -0.3 is 10.0 Å². The Kier molecular flexibility index (Phi) is 2.11. The minimum Gasteiger partial charge on any atom is -0.481 e. The molecule has 2 atom stereocenters. The third kappa shape index (κ3) is 1.54. The number of carbonyl (C=O) groups is 1. The summed E-state index contributed by atoms with van der Waals surface area (Å²) in [7, 11) is 0. The van der Waals surface area contributed by atoms with Gasteiger partial charge in [0.1, 0.15) is 0 Å². The molecule has 3 heteroatoms. The largest absolute Gasteiger partial charge is 0.481 e. The van der Waals surface area contributed by atoms with E-state index >= 15 is 0 Å². The molecule has 2 rings (SSSR count). The maximum atomic E-state index is 10.9. The predicted molar refractivity (Wildman–Crippen MR) is 54.0 cm³/mol. The second-order valence-electron chi connectivity index (χ2n) is 5.57. The van der Waals surface area contributed by atoms with Gasteiger partial charge in [0.25, 0.3) is 0 Å². The van der Waals surface area contributed by atoms with E-state index in [2.05, 4.69) is 11.8 Å². The van der Waals surface area contributed by atoms with Crippen molar-refractivity contribution in [2.45, 2.75) is 20.8 Å². The summed E-state index contributed by atoms with van der Waals surface area (Å²) in [6.07, 6.45) is 0. The first-order valence-corrected chi connectivity index (χ1v) is 5.37. The Balaban J connectivity index is 1.86. The number of likely N-dealkylation sites (tertiary alicyclic amines) is 1. The number of hydrogen-bond donors (Lipinski definition) is 1. The van der Waals surface area contributed by atoms with Gasteiger partial charge in [-0.3, -0.25) is 4.79 Å². The molecule has 0 radical (unpaired) electrons. The Morgan fingerprint density at radius 3 is 2.36 bits per heavy atom. The second kappa shape index (κ2) is 2.96. The van der Waals surface area contributed by atoms with Crippen molar-refractivity contribution >= 4 is 5.97 Å². The van der Waals surface area contributed by atoms with Crippen molar-refractivity contribution < 1.29 is 9.90 Å².